The highest BCUT2D eigenvalue weighted by atomic mass is 127. The maximum Gasteiger partial charge on any atom is 0.419 e. The fraction of sp³-hybridized carbons (Fsp3) is 0.200. The van der Waals surface area contributed by atoms with Crippen molar-refractivity contribution in [2.75, 3.05) is 5.32 Å². The highest BCUT2D eigenvalue weighted by Crippen LogP contribution is 2.47. The van der Waals surface area contributed by atoms with Crippen LogP contribution in [-0.2, 0) is 21.9 Å². The van der Waals surface area contributed by atoms with Gasteiger partial charge in [0.15, 0.2) is 0 Å². The van der Waals surface area contributed by atoms with Gasteiger partial charge in [-0.15, -0.1) is 0 Å². The van der Waals surface area contributed by atoms with E-state index in [2.05, 4.69) is 5.32 Å². The molecule has 1 aromatic rings. The van der Waals surface area contributed by atoms with Gasteiger partial charge in [-0.25, -0.2) is 5.32 Å². The minimum absolute atomic E-state index is 0.320. The molecule has 4 nitrogen and oxygen atoms in total. The minimum atomic E-state index is -5.17. The van der Waals surface area contributed by atoms with E-state index in [1.54, 1.807) is 5.32 Å². The van der Waals surface area contributed by atoms with E-state index in [9.17, 15) is 35.9 Å². The van der Waals surface area contributed by atoms with Crippen molar-refractivity contribution in [3.8, 4) is 0 Å². The first-order valence-corrected chi connectivity index (χ1v) is 6.08. The molecule has 0 aliphatic carbocycles. The number of hydrogen-bond acceptors (Lipinski definition) is 2. The van der Waals surface area contributed by atoms with Gasteiger partial charge >= 0.3 is 24.2 Å². The van der Waals surface area contributed by atoms with Crippen LogP contribution in [0.2, 0.25) is 0 Å². The van der Waals surface area contributed by atoms with Gasteiger partial charge in [0.2, 0.25) is 0 Å². The smallest absolute Gasteiger partial charge is 0.316 e. The highest BCUT2D eigenvalue weighted by Gasteiger charge is 2.45. The number of nitrogens with one attached hydrogen (secondary N) is 1. The van der Waals surface area contributed by atoms with Gasteiger partial charge in [-0.2, -0.15) is 26.3 Å². The van der Waals surface area contributed by atoms with Crippen molar-refractivity contribution in [2.24, 2.45) is 0 Å². The van der Waals surface area contributed by atoms with Crippen molar-refractivity contribution in [1.82, 2.24) is 5.32 Å². The fourth-order valence-corrected chi connectivity index (χ4v) is 2.68. The number of anilines is 1. The summed E-state index contributed by atoms with van der Waals surface area (Å²) in [6, 6.07) is 0.320. The molecule has 113 valence electrons. The highest BCUT2D eigenvalue weighted by molar-refractivity contribution is 14.1. The maximum atomic E-state index is 13.0. The van der Waals surface area contributed by atoms with Crippen LogP contribution in [0.15, 0.2) is 6.07 Å². The van der Waals surface area contributed by atoms with Crippen molar-refractivity contribution < 1.29 is 35.9 Å². The second-order valence-corrected chi connectivity index (χ2v) is 4.95. The average Bonchev–Trinajstić information content (AvgIpc) is 2.27. The second kappa shape index (κ2) is 4.74. The lowest BCUT2D eigenvalue weighted by molar-refractivity contribution is -0.144. The molecular weight excluding hydrogens is 421 g/mol. The van der Waals surface area contributed by atoms with E-state index in [-0.39, 0.29) is 0 Å². The summed E-state index contributed by atoms with van der Waals surface area (Å²) < 4.78 is 76.1. The van der Waals surface area contributed by atoms with E-state index in [0.717, 1.165) is 22.6 Å². The molecule has 2 amide bonds. The number of benzene rings is 1. The summed E-state index contributed by atoms with van der Waals surface area (Å²) in [4.78, 5) is 22.1. The Bertz CT molecular complexity index is 652. The van der Waals surface area contributed by atoms with Gasteiger partial charge in [-0.1, -0.05) is 0 Å². The van der Waals surface area contributed by atoms with Crippen LogP contribution in [0.25, 0.3) is 0 Å². The molecular formula is C10H2F6IN2O2. The third-order valence-corrected chi connectivity index (χ3v) is 3.60. The number of alkyl halides is 6. The number of amides is 2. The van der Waals surface area contributed by atoms with Crippen LogP contribution in [0, 0.1) is 3.57 Å². The first kappa shape index (κ1) is 15.9. The molecule has 0 aromatic heterocycles. The molecule has 1 aliphatic heterocycles. The molecule has 1 radical (unpaired) electrons. The minimum Gasteiger partial charge on any atom is -0.316 e. The van der Waals surface area contributed by atoms with Crippen LogP contribution in [0.4, 0.5) is 37.7 Å². The number of hydrogen-bond donors (Lipinski definition) is 1. The average molecular weight is 423 g/mol. The molecule has 0 bridgehead atoms. The van der Waals surface area contributed by atoms with E-state index in [1.807, 2.05) is 0 Å². The van der Waals surface area contributed by atoms with Crippen LogP contribution in [0.1, 0.15) is 11.1 Å². The van der Waals surface area contributed by atoms with Crippen molar-refractivity contribution in [2.45, 2.75) is 12.4 Å². The molecule has 2 rings (SSSR count). The van der Waals surface area contributed by atoms with E-state index in [1.165, 1.54) is 0 Å². The Kier molecular flexibility index (Phi) is 3.58. The van der Waals surface area contributed by atoms with Crippen LogP contribution < -0.4 is 10.6 Å². The van der Waals surface area contributed by atoms with Gasteiger partial charge in [0.1, 0.15) is 5.69 Å². The molecule has 0 saturated carbocycles. The van der Waals surface area contributed by atoms with E-state index in [4.69, 9.17) is 0 Å². The number of nitrogens with zero attached hydrogens (tertiary/aromatic N) is 1. The van der Waals surface area contributed by atoms with Crippen molar-refractivity contribution in [3.63, 3.8) is 0 Å². The number of fused-ring (bicyclic) bond motifs is 1. The zero-order chi connectivity index (χ0) is 16.2. The van der Waals surface area contributed by atoms with Crippen molar-refractivity contribution in [3.05, 3.63) is 20.8 Å². The number of rotatable bonds is 0. The van der Waals surface area contributed by atoms with Gasteiger partial charge in [0.05, 0.1) is 16.8 Å². The topological polar surface area (TPSA) is 60.3 Å². The molecule has 1 aliphatic rings. The summed E-state index contributed by atoms with van der Waals surface area (Å²) in [7, 11) is 0. The molecule has 0 atom stereocenters. The molecule has 11 heteroatoms. The molecule has 0 fully saturated rings. The summed E-state index contributed by atoms with van der Waals surface area (Å²) in [5.41, 5.74) is -5.11. The van der Waals surface area contributed by atoms with Crippen LogP contribution in [0.5, 0.6) is 0 Å². The first-order chi connectivity index (χ1) is 9.43. The molecule has 21 heavy (non-hydrogen) atoms. The second-order valence-electron chi connectivity index (χ2n) is 3.88. The molecule has 0 unspecified atom stereocenters. The normalized spacial score (nSPS) is 15.4. The summed E-state index contributed by atoms with van der Waals surface area (Å²) in [6.07, 6.45) is -10.2. The summed E-state index contributed by atoms with van der Waals surface area (Å²) in [6.45, 7) is 0. The molecule has 1 heterocycles. The number of carbonyl (C=O) groups excluding carboxylic acids is 2. The first-order valence-electron chi connectivity index (χ1n) is 5.01. The monoisotopic (exact) mass is 423 g/mol. The lowest BCUT2D eigenvalue weighted by Crippen LogP contribution is -2.35. The summed E-state index contributed by atoms with van der Waals surface area (Å²) >= 11 is 0.886. The van der Waals surface area contributed by atoms with Gasteiger partial charge in [-0.05, 0) is 28.7 Å². The molecule has 1 N–H and O–H groups in total. The Balaban J connectivity index is 2.82. The Morgan fingerprint density at radius 1 is 1.05 bits per heavy atom. The number of carbonyl (C=O) groups is 2. The van der Waals surface area contributed by atoms with E-state index >= 15 is 0 Å². The fourth-order valence-electron chi connectivity index (χ4n) is 1.65. The zero-order valence-corrected chi connectivity index (χ0v) is 11.6. The Morgan fingerprint density at radius 3 is 2.10 bits per heavy atom. The van der Waals surface area contributed by atoms with Gasteiger partial charge in [0.25, 0.3) is 0 Å². The Labute approximate surface area is 126 Å². The standard InChI is InChI=1S/C10H2F6IN2O2/c11-9(12,13)2-1-3-6(19-8(21)7(20)18-3)4(5(2)17)10(14,15)16/h1H,(H,18,20). The zero-order valence-electron chi connectivity index (χ0n) is 9.49. The van der Waals surface area contributed by atoms with Gasteiger partial charge in [0, 0.05) is 3.57 Å². The third kappa shape index (κ3) is 2.78. The lowest BCUT2D eigenvalue weighted by Gasteiger charge is -2.23. The van der Waals surface area contributed by atoms with Crippen molar-refractivity contribution >= 4 is 45.8 Å². The third-order valence-electron chi connectivity index (χ3n) is 2.48. The number of halogens is 7. The Hall–Kier alpha value is -1.53. The predicted octanol–water partition coefficient (Wildman–Crippen LogP) is 3.04. The van der Waals surface area contributed by atoms with Crippen molar-refractivity contribution in [1.29, 1.82) is 0 Å². The maximum absolute atomic E-state index is 13.0. The Morgan fingerprint density at radius 2 is 1.62 bits per heavy atom. The quantitative estimate of drug-likeness (QED) is 0.397. The summed E-state index contributed by atoms with van der Waals surface area (Å²) in [5.74, 6) is -2.91. The van der Waals surface area contributed by atoms with Gasteiger partial charge < -0.3 is 5.32 Å². The largest absolute Gasteiger partial charge is 0.419 e. The molecule has 0 spiro atoms. The van der Waals surface area contributed by atoms with E-state index < -0.39 is 50.2 Å². The van der Waals surface area contributed by atoms with Crippen LogP contribution in [0.3, 0.4) is 0 Å². The predicted molar refractivity (Wildman–Crippen MR) is 64.6 cm³/mol. The lowest BCUT2D eigenvalue weighted by atomic mass is 10.0. The van der Waals surface area contributed by atoms with E-state index in [0.29, 0.717) is 6.07 Å². The van der Waals surface area contributed by atoms with Gasteiger partial charge in [-0.3, -0.25) is 9.59 Å². The summed E-state index contributed by atoms with van der Waals surface area (Å²) in [5, 5.41) is 4.61. The van der Waals surface area contributed by atoms with Crippen LogP contribution >= 0.6 is 22.6 Å². The van der Waals surface area contributed by atoms with Crippen LogP contribution in [-0.4, -0.2) is 11.8 Å². The SMILES string of the molecule is O=C1[N]c2c(cc(C(F)(F)F)c(I)c2C(F)(F)F)NC1=O. The molecule has 1 aromatic carbocycles. The molecule has 0 saturated heterocycles.